The van der Waals surface area contributed by atoms with Crippen LogP contribution in [0.25, 0.3) is 0 Å². The minimum Gasteiger partial charge on any atom is -0.324 e. The lowest BCUT2D eigenvalue weighted by Crippen LogP contribution is -2.29. The van der Waals surface area contributed by atoms with E-state index in [4.69, 9.17) is 11.6 Å². The summed E-state index contributed by atoms with van der Waals surface area (Å²) in [5.41, 5.74) is 0.301. The van der Waals surface area contributed by atoms with Gasteiger partial charge in [-0.3, -0.25) is 14.2 Å². The fraction of sp³-hybridized carbons (Fsp3) is 0.0833. The maximum Gasteiger partial charge on any atom is 0.268 e. The van der Waals surface area contributed by atoms with Crippen molar-refractivity contribution in [3.05, 3.63) is 54.1 Å². The first-order valence-corrected chi connectivity index (χ1v) is 7.69. The Morgan fingerprint density at radius 1 is 1.45 bits per heavy atom. The smallest absolute Gasteiger partial charge is 0.268 e. The SMILES string of the molecule is O=C(Cn1cnc(Cl)c(I)c1=O)Nc1ccccc1Br. The van der Waals surface area contributed by atoms with Gasteiger partial charge < -0.3 is 5.32 Å². The Hall–Kier alpha value is -0.930. The molecule has 2 rings (SSSR count). The molecule has 104 valence electrons. The number of benzene rings is 1. The number of hydrogen-bond acceptors (Lipinski definition) is 3. The molecule has 0 atom stereocenters. The van der Waals surface area contributed by atoms with Crippen LogP contribution in [0, 0.1) is 3.57 Å². The van der Waals surface area contributed by atoms with E-state index in [9.17, 15) is 9.59 Å². The summed E-state index contributed by atoms with van der Waals surface area (Å²) in [5.74, 6) is -0.320. The lowest BCUT2D eigenvalue weighted by atomic mass is 10.3. The van der Waals surface area contributed by atoms with Crippen molar-refractivity contribution in [3.8, 4) is 0 Å². The quantitative estimate of drug-likeness (QED) is 0.557. The van der Waals surface area contributed by atoms with Gasteiger partial charge in [0, 0.05) is 4.47 Å². The topological polar surface area (TPSA) is 64.0 Å². The molecule has 1 aromatic carbocycles. The fourth-order valence-corrected chi connectivity index (χ4v) is 2.42. The Morgan fingerprint density at radius 2 is 2.15 bits per heavy atom. The Morgan fingerprint density at radius 3 is 2.85 bits per heavy atom. The molecule has 0 aliphatic rings. The highest BCUT2D eigenvalue weighted by atomic mass is 127. The van der Waals surface area contributed by atoms with Crippen molar-refractivity contribution in [2.75, 3.05) is 5.32 Å². The highest BCUT2D eigenvalue weighted by Crippen LogP contribution is 2.21. The first-order chi connectivity index (χ1) is 9.49. The van der Waals surface area contributed by atoms with Crippen LogP contribution in [0.4, 0.5) is 5.69 Å². The summed E-state index contributed by atoms with van der Waals surface area (Å²) in [7, 11) is 0. The first kappa shape index (κ1) is 15.5. The zero-order valence-corrected chi connectivity index (χ0v) is 14.4. The van der Waals surface area contributed by atoms with E-state index in [2.05, 4.69) is 26.2 Å². The minimum absolute atomic E-state index is 0.125. The number of hydrogen-bond donors (Lipinski definition) is 1. The molecule has 0 aliphatic heterocycles. The second kappa shape index (κ2) is 6.68. The average molecular weight is 468 g/mol. The molecule has 0 spiro atoms. The van der Waals surface area contributed by atoms with Crippen LogP contribution < -0.4 is 10.9 Å². The van der Waals surface area contributed by atoms with Crippen LogP contribution in [0.1, 0.15) is 0 Å². The van der Waals surface area contributed by atoms with Crippen molar-refractivity contribution in [1.82, 2.24) is 9.55 Å². The Balaban J connectivity index is 2.15. The molecule has 0 saturated heterocycles. The zero-order valence-electron chi connectivity index (χ0n) is 9.94. The molecular formula is C12H8BrClIN3O2. The highest BCUT2D eigenvalue weighted by Gasteiger charge is 2.11. The highest BCUT2D eigenvalue weighted by molar-refractivity contribution is 14.1. The summed E-state index contributed by atoms with van der Waals surface area (Å²) in [6.45, 7) is -0.125. The van der Waals surface area contributed by atoms with E-state index in [1.54, 1.807) is 34.7 Å². The molecule has 1 aromatic heterocycles. The molecule has 8 heteroatoms. The van der Waals surface area contributed by atoms with E-state index in [1.807, 2.05) is 12.1 Å². The van der Waals surface area contributed by atoms with E-state index < -0.39 is 0 Å². The van der Waals surface area contributed by atoms with E-state index in [0.717, 1.165) is 4.47 Å². The zero-order chi connectivity index (χ0) is 14.7. The lowest BCUT2D eigenvalue weighted by molar-refractivity contribution is -0.116. The van der Waals surface area contributed by atoms with Crippen molar-refractivity contribution in [3.63, 3.8) is 0 Å². The molecule has 5 nitrogen and oxygen atoms in total. The number of nitrogens with zero attached hydrogens (tertiary/aromatic N) is 2. The number of halogens is 3. The van der Waals surface area contributed by atoms with Gasteiger partial charge in [-0.2, -0.15) is 0 Å². The van der Waals surface area contributed by atoms with Crippen molar-refractivity contribution in [1.29, 1.82) is 0 Å². The van der Waals surface area contributed by atoms with Gasteiger partial charge in [-0.1, -0.05) is 23.7 Å². The van der Waals surface area contributed by atoms with Crippen molar-refractivity contribution >= 4 is 61.7 Å². The van der Waals surface area contributed by atoms with Gasteiger partial charge in [0.1, 0.15) is 15.3 Å². The third-order valence-electron chi connectivity index (χ3n) is 2.40. The van der Waals surface area contributed by atoms with Crippen molar-refractivity contribution in [2.24, 2.45) is 0 Å². The standard InChI is InChI=1S/C12H8BrClIN3O2/c13-7-3-1-2-4-8(7)17-9(19)5-18-6-16-11(14)10(15)12(18)20/h1-4,6H,5H2,(H,17,19). The summed E-state index contributed by atoms with van der Waals surface area (Å²) in [6.07, 6.45) is 1.26. The lowest BCUT2D eigenvalue weighted by Gasteiger charge is -2.09. The van der Waals surface area contributed by atoms with Gasteiger partial charge in [-0.25, -0.2) is 4.98 Å². The molecule has 1 N–H and O–H groups in total. The predicted molar refractivity (Wildman–Crippen MR) is 89.0 cm³/mol. The monoisotopic (exact) mass is 467 g/mol. The summed E-state index contributed by atoms with van der Waals surface area (Å²) in [4.78, 5) is 27.7. The van der Waals surface area contributed by atoms with Crippen LogP contribution >= 0.6 is 50.1 Å². The number of anilines is 1. The van der Waals surface area contributed by atoms with E-state index in [0.29, 0.717) is 9.26 Å². The van der Waals surface area contributed by atoms with Gasteiger partial charge in [0.25, 0.3) is 5.56 Å². The number of carbonyl (C=O) groups is 1. The Labute approximate surface area is 141 Å². The molecule has 0 saturated carbocycles. The van der Waals surface area contributed by atoms with Gasteiger partial charge in [-0.05, 0) is 50.7 Å². The molecule has 0 fully saturated rings. The summed E-state index contributed by atoms with van der Waals surface area (Å²) in [6, 6.07) is 7.22. The van der Waals surface area contributed by atoms with Gasteiger partial charge in [0.2, 0.25) is 5.91 Å². The minimum atomic E-state index is -0.340. The van der Waals surface area contributed by atoms with Crippen LogP contribution in [-0.2, 0) is 11.3 Å². The third-order valence-corrected chi connectivity index (χ3v) is 4.67. The molecule has 0 aliphatic carbocycles. The number of amides is 1. The van der Waals surface area contributed by atoms with Crippen molar-refractivity contribution in [2.45, 2.75) is 6.54 Å². The van der Waals surface area contributed by atoms with Crippen LogP contribution in [0.3, 0.4) is 0 Å². The molecule has 20 heavy (non-hydrogen) atoms. The number of carbonyl (C=O) groups excluding carboxylic acids is 1. The summed E-state index contributed by atoms with van der Waals surface area (Å²) in [5, 5.41) is 2.85. The number of nitrogens with one attached hydrogen (secondary N) is 1. The number of rotatable bonds is 3. The third kappa shape index (κ3) is 3.58. The van der Waals surface area contributed by atoms with Crippen LogP contribution in [0.2, 0.25) is 5.15 Å². The second-order valence-electron chi connectivity index (χ2n) is 3.81. The maximum atomic E-state index is 11.9. The van der Waals surface area contributed by atoms with Crippen molar-refractivity contribution < 1.29 is 4.79 Å². The summed E-state index contributed by atoms with van der Waals surface area (Å²) >= 11 is 10.9. The van der Waals surface area contributed by atoms with Gasteiger partial charge in [0.05, 0.1) is 12.0 Å². The van der Waals surface area contributed by atoms with Crippen LogP contribution in [-0.4, -0.2) is 15.5 Å². The Kier molecular flexibility index (Phi) is 5.17. The molecule has 2 aromatic rings. The first-order valence-electron chi connectivity index (χ1n) is 5.44. The molecule has 1 amide bonds. The maximum absolute atomic E-state index is 11.9. The van der Waals surface area contributed by atoms with Crippen LogP contribution in [0.5, 0.6) is 0 Å². The second-order valence-corrected chi connectivity index (χ2v) is 6.10. The van der Waals surface area contributed by atoms with E-state index in [-0.39, 0.29) is 23.2 Å². The number of aromatic nitrogens is 2. The average Bonchev–Trinajstić information content (AvgIpc) is 2.42. The van der Waals surface area contributed by atoms with Gasteiger partial charge in [0.15, 0.2) is 0 Å². The molecule has 0 bridgehead atoms. The Bertz CT molecular complexity index is 720. The largest absolute Gasteiger partial charge is 0.324 e. The molecule has 1 heterocycles. The van der Waals surface area contributed by atoms with E-state index in [1.165, 1.54) is 10.9 Å². The molecule has 0 unspecified atom stereocenters. The summed E-state index contributed by atoms with van der Waals surface area (Å²) < 4.78 is 2.27. The number of para-hydroxylation sites is 1. The normalized spacial score (nSPS) is 10.3. The molecule has 0 radical (unpaired) electrons. The van der Waals surface area contributed by atoms with E-state index >= 15 is 0 Å². The fourth-order valence-electron chi connectivity index (χ4n) is 1.46. The molecular weight excluding hydrogens is 460 g/mol. The van der Waals surface area contributed by atoms with Gasteiger partial charge in [-0.15, -0.1) is 0 Å². The van der Waals surface area contributed by atoms with Crippen LogP contribution in [0.15, 0.2) is 39.9 Å². The predicted octanol–water partition coefficient (Wildman–Crippen LogP) is 2.90. The van der Waals surface area contributed by atoms with Gasteiger partial charge >= 0.3 is 0 Å².